The van der Waals surface area contributed by atoms with Crippen molar-refractivity contribution >= 4 is 5.71 Å². The van der Waals surface area contributed by atoms with Crippen molar-refractivity contribution in [1.82, 2.24) is 0 Å². The normalized spacial score (nSPS) is 14.2. The Morgan fingerprint density at radius 2 is 1.70 bits per heavy atom. The zero-order chi connectivity index (χ0) is 16.2. The largest absolute Gasteiger partial charge is 0.493 e. The minimum atomic E-state index is 0.798. The van der Waals surface area contributed by atoms with Crippen molar-refractivity contribution in [3.63, 3.8) is 0 Å². The monoisotopic (exact) mass is 310 g/mol. The van der Waals surface area contributed by atoms with Gasteiger partial charge >= 0.3 is 0 Å². The molecule has 2 aromatic rings. The van der Waals surface area contributed by atoms with Crippen molar-refractivity contribution in [3.8, 4) is 11.5 Å². The molecule has 0 amide bonds. The SMILES string of the molecule is COc1cc2c(cc1OC)C(C)=[N+](Cc1ccccc1)CCC2. The molecule has 3 heteroatoms. The summed E-state index contributed by atoms with van der Waals surface area (Å²) in [5.41, 5.74) is 5.27. The Kier molecular flexibility index (Phi) is 4.65. The number of hydrogen-bond donors (Lipinski definition) is 0. The van der Waals surface area contributed by atoms with E-state index in [0.29, 0.717) is 0 Å². The highest BCUT2D eigenvalue weighted by molar-refractivity contribution is 5.97. The van der Waals surface area contributed by atoms with E-state index < -0.39 is 0 Å². The van der Waals surface area contributed by atoms with Crippen LogP contribution in [0.25, 0.3) is 0 Å². The van der Waals surface area contributed by atoms with Gasteiger partial charge in [-0.2, -0.15) is 0 Å². The zero-order valence-corrected chi connectivity index (χ0v) is 14.1. The second-order valence-electron chi connectivity index (χ2n) is 5.96. The molecule has 0 atom stereocenters. The van der Waals surface area contributed by atoms with Gasteiger partial charge in [0.05, 0.1) is 14.2 Å². The van der Waals surface area contributed by atoms with Crippen LogP contribution in [0.3, 0.4) is 0 Å². The summed E-state index contributed by atoms with van der Waals surface area (Å²) in [6.07, 6.45) is 2.21. The number of fused-ring (bicyclic) bond motifs is 1. The highest BCUT2D eigenvalue weighted by Gasteiger charge is 2.22. The Labute approximate surface area is 138 Å². The van der Waals surface area contributed by atoms with Crippen LogP contribution in [-0.4, -0.2) is 31.1 Å². The number of rotatable bonds is 4. The maximum atomic E-state index is 5.49. The molecule has 0 spiro atoms. The van der Waals surface area contributed by atoms with Crippen LogP contribution >= 0.6 is 0 Å². The molecule has 0 saturated heterocycles. The molecule has 23 heavy (non-hydrogen) atoms. The third-order valence-electron chi connectivity index (χ3n) is 4.56. The summed E-state index contributed by atoms with van der Waals surface area (Å²) in [6, 6.07) is 14.9. The summed E-state index contributed by atoms with van der Waals surface area (Å²) in [4.78, 5) is 0. The van der Waals surface area contributed by atoms with E-state index in [0.717, 1.165) is 37.4 Å². The number of methoxy groups -OCH3 is 2. The van der Waals surface area contributed by atoms with Crippen LogP contribution in [-0.2, 0) is 13.0 Å². The molecule has 0 saturated carbocycles. The van der Waals surface area contributed by atoms with Gasteiger partial charge in [0.1, 0.15) is 6.54 Å². The fourth-order valence-corrected chi connectivity index (χ4v) is 3.26. The third-order valence-corrected chi connectivity index (χ3v) is 4.56. The summed E-state index contributed by atoms with van der Waals surface area (Å²) in [6.45, 7) is 4.22. The van der Waals surface area contributed by atoms with Crippen LogP contribution in [0.15, 0.2) is 42.5 Å². The number of benzene rings is 2. The fraction of sp³-hybridized carbons (Fsp3) is 0.350. The van der Waals surface area contributed by atoms with Crippen LogP contribution in [0.1, 0.15) is 30.0 Å². The minimum absolute atomic E-state index is 0.798. The van der Waals surface area contributed by atoms with Gasteiger partial charge < -0.3 is 9.47 Å². The lowest BCUT2D eigenvalue weighted by Gasteiger charge is -2.12. The number of nitrogens with zero attached hydrogens (tertiary/aromatic N) is 1. The average molecular weight is 310 g/mol. The van der Waals surface area contributed by atoms with Gasteiger partial charge in [-0.05, 0) is 24.1 Å². The molecule has 3 nitrogen and oxygen atoms in total. The summed E-state index contributed by atoms with van der Waals surface area (Å²) >= 11 is 0. The van der Waals surface area contributed by atoms with Crippen LogP contribution in [0.5, 0.6) is 11.5 Å². The second-order valence-corrected chi connectivity index (χ2v) is 5.96. The third kappa shape index (κ3) is 3.24. The maximum absolute atomic E-state index is 5.49. The van der Waals surface area contributed by atoms with Crippen LogP contribution < -0.4 is 9.47 Å². The van der Waals surface area contributed by atoms with E-state index in [1.165, 1.54) is 22.4 Å². The predicted octanol–water partition coefficient (Wildman–Crippen LogP) is 3.67. The van der Waals surface area contributed by atoms with Gasteiger partial charge in [0.15, 0.2) is 23.8 Å². The molecule has 0 unspecified atom stereocenters. The number of aryl methyl sites for hydroxylation is 1. The van der Waals surface area contributed by atoms with E-state index >= 15 is 0 Å². The minimum Gasteiger partial charge on any atom is -0.493 e. The Balaban J connectivity index is 2.02. The molecule has 0 bridgehead atoms. The molecule has 0 fully saturated rings. The molecule has 0 aliphatic carbocycles. The average Bonchev–Trinajstić information content (AvgIpc) is 2.74. The first-order valence-electron chi connectivity index (χ1n) is 8.10. The molecule has 0 N–H and O–H groups in total. The standard InChI is InChI=1S/C20H24NO2/c1-15-18-13-20(23-3)19(22-2)12-17(18)10-7-11-21(15)14-16-8-5-4-6-9-16/h4-6,8-9,12-13H,7,10-11,14H2,1-3H3/q+1. The molecule has 0 radical (unpaired) electrons. The van der Waals surface area contributed by atoms with E-state index in [1.54, 1.807) is 14.2 Å². The predicted molar refractivity (Wildman–Crippen MR) is 92.9 cm³/mol. The first kappa shape index (κ1) is 15.6. The number of hydrogen-bond acceptors (Lipinski definition) is 2. The van der Waals surface area contributed by atoms with Gasteiger partial charge in [0.2, 0.25) is 0 Å². The Bertz CT molecular complexity index is 720. The zero-order valence-electron chi connectivity index (χ0n) is 14.1. The van der Waals surface area contributed by atoms with Gasteiger partial charge in [-0.25, -0.2) is 4.58 Å². The van der Waals surface area contributed by atoms with Gasteiger partial charge in [-0.15, -0.1) is 0 Å². The Morgan fingerprint density at radius 3 is 2.39 bits per heavy atom. The lowest BCUT2D eigenvalue weighted by atomic mass is 10.00. The van der Waals surface area contributed by atoms with Crippen LogP contribution in [0, 0.1) is 0 Å². The summed E-state index contributed by atoms with van der Waals surface area (Å²) in [5.74, 6) is 1.61. The molecule has 2 aromatic carbocycles. The first-order valence-corrected chi connectivity index (χ1v) is 8.10. The van der Waals surface area contributed by atoms with Crippen molar-refractivity contribution in [1.29, 1.82) is 0 Å². The smallest absolute Gasteiger partial charge is 0.180 e. The van der Waals surface area contributed by atoms with Crippen molar-refractivity contribution in [2.24, 2.45) is 0 Å². The molecule has 1 heterocycles. The maximum Gasteiger partial charge on any atom is 0.180 e. The van der Waals surface area contributed by atoms with Crippen molar-refractivity contribution in [3.05, 3.63) is 59.2 Å². The van der Waals surface area contributed by atoms with E-state index in [4.69, 9.17) is 9.47 Å². The summed E-state index contributed by atoms with van der Waals surface area (Å²) in [5, 5.41) is 0. The van der Waals surface area contributed by atoms with Gasteiger partial charge in [0.25, 0.3) is 0 Å². The molecule has 1 aliphatic heterocycles. The first-order chi connectivity index (χ1) is 11.2. The molecule has 1 aliphatic rings. The van der Waals surface area contributed by atoms with Gasteiger partial charge in [-0.1, -0.05) is 30.3 Å². The molecule has 0 aromatic heterocycles. The Hall–Kier alpha value is -2.29. The molecular weight excluding hydrogens is 286 g/mol. The van der Waals surface area contributed by atoms with Crippen LogP contribution in [0.2, 0.25) is 0 Å². The molecular formula is C20H24NO2+. The number of ether oxygens (including phenoxy) is 2. The highest BCUT2D eigenvalue weighted by Crippen LogP contribution is 2.32. The molecule has 120 valence electrons. The van der Waals surface area contributed by atoms with E-state index in [9.17, 15) is 0 Å². The van der Waals surface area contributed by atoms with Crippen molar-refractivity contribution in [2.75, 3.05) is 20.8 Å². The van der Waals surface area contributed by atoms with E-state index in [1.807, 2.05) is 0 Å². The lowest BCUT2D eigenvalue weighted by molar-refractivity contribution is -0.543. The van der Waals surface area contributed by atoms with Crippen molar-refractivity contribution in [2.45, 2.75) is 26.3 Å². The van der Waals surface area contributed by atoms with Gasteiger partial charge in [-0.3, -0.25) is 0 Å². The highest BCUT2D eigenvalue weighted by atomic mass is 16.5. The Morgan fingerprint density at radius 1 is 1.00 bits per heavy atom. The van der Waals surface area contributed by atoms with Gasteiger partial charge in [0, 0.05) is 24.5 Å². The van der Waals surface area contributed by atoms with Crippen LogP contribution in [0.4, 0.5) is 0 Å². The fourth-order valence-electron chi connectivity index (χ4n) is 3.26. The lowest BCUT2D eigenvalue weighted by Crippen LogP contribution is -2.20. The van der Waals surface area contributed by atoms with Crippen molar-refractivity contribution < 1.29 is 14.0 Å². The summed E-state index contributed by atoms with van der Waals surface area (Å²) in [7, 11) is 3.39. The summed E-state index contributed by atoms with van der Waals surface area (Å²) < 4.78 is 13.4. The quantitative estimate of drug-likeness (QED) is 0.804. The molecule has 3 rings (SSSR count). The van der Waals surface area contributed by atoms with E-state index in [2.05, 4.69) is 54.0 Å². The topological polar surface area (TPSA) is 21.5 Å². The second kappa shape index (κ2) is 6.86. The van der Waals surface area contributed by atoms with E-state index in [-0.39, 0.29) is 0 Å².